The van der Waals surface area contributed by atoms with E-state index in [0.29, 0.717) is 18.6 Å². The lowest BCUT2D eigenvalue weighted by atomic mass is 10.1. The van der Waals surface area contributed by atoms with Crippen molar-refractivity contribution < 1.29 is 19.0 Å². The lowest BCUT2D eigenvalue weighted by Crippen LogP contribution is -2.38. The largest absolute Gasteiger partial charge is 0.396 e. The molecule has 5 heteroatoms. The topological polar surface area (TPSA) is 58.6 Å². The second-order valence-corrected chi connectivity index (χ2v) is 3.64. The van der Waals surface area contributed by atoms with Gasteiger partial charge >= 0.3 is 0 Å². The first kappa shape index (κ1) is 13.6. The van der Waals surface area contributed by atoms with Crippen molar-refractivity contribution in [2.75, 3.05) is 20.3 Å². The molecule has 0 aliphatic carbocycles. The third-order valence-electron chi connectivity index (χ3n) is 2.29. The number of hydrogen-bond acceptors (Lipinski definition) is 3. The summed E-state index contributed by atoms with van der Waals surface area (Å²) < 4.78 is 17.6. The zero-order valence-corrected chi connectivity index (χ0v) is 9.65. The predicted molar refractivity (Wildman–Crippen MR) is 61.2 cm³/mol. The SMILES string of the molecule is COCC(CCO)NC(=O)c1ccc(F)cc1. The van der Waals surface area contributed by atoms with E-state index in [1.54, 1.807) is 0 Å². The van der Waals surface area contributed by atoms with Gasteiger partial charge in [-0.25, -0.2) is 4.39 Å². The number of ether oxygens (including phenoxy) is 1. The van der Waals surface area contributed by atoms with E-state index in [1.807, 2.05) is 0 Å². The van der Waals surface area contributed by atoms with Crippen LogP contribution >= 0.6 is 0 Å². The van der Waals surface area contributed by atoms with Crippen molar-refractivity contribution in [2.45, 2.75) is 12.5 Å². The van der Waals surface area contributed by atoms with Gasteiger partial charge in [-0.05, 0) is 30.7 Å². The number of benzene rings is 1. The van der Waals surface area contributed by atoms with Crippen LogP contribution < -0.4 is 5.32 Å². The van der Waals surface area contributed by atoms with Gasteiger partial charge in [-0.15, -0.1) is 0 Å². The third-order valence-corrected chi connectivity index (χ3v) is 2.29. The average Bonchev–Trinajstić information content (AvgIpc) is 2.30. The molecule has 2 N–H and O–H groups in total. The fourth-order valence-corrected chi connectivity index (χ4v) is 1.42. The number of aliphatic hydroxyl groups excluding tert-OH is 1. The first-order valence-corrected chi connectivity index (χ1v) is 5.33. The summed E-state index contributed by atoms with van der Waals surface area (Å²) in [5.41, 5.74) is 0.380. The molecule has 1 aromatic rings. The van der Waals surface area contributed by atoms with Crippen LogP contribution in [0.3, 0.4) is 0 Å². The van der Waals surface area contributed by atoms with Gasteiger partial charge in [0, 0.05) is 19.3 Å². The fraction of sp³-hybridized carbons (Fsp3) is 0.417. The Kier molecular flexibility index (Phi) is 5.59. The first-order valence-electron chi connectivity index (χ1n) is 5.33. The third kappa shape index (κ3) is 4.50. The minimum atomic E-state index is -0.384. The summed E-state index contributed by atoms with van der Waals surface area (Å²) in [5, 5.41) is 11.5. The molecule has 17 heavy (non-hydrogen) atoms. The van der Waals surface area contributed by atoms with Crippen LogP contribution in [0.4, 0.5) is 4.39 Å². The van der Waals surface area contributed by atoms with Crippen LogP contribution in [-0.2, 0) is 4.74 Å². The van der Waals surface area contributed by atoms with E-state index in [1.165, 1.54) is 31.4 Å². The number of carbonyl (C=O) groups excluding carboxylic acids is 1. The Morgan fingerprint density at radius 1 is 1.47 bits per heavy atom. The molecule has 0 bridgehead atoms. The molecule has 0 saturated heterocycles. The standard InChI is InChI=1S/C12H16FNO3/c1-17-8-11(6-7-15)14-12(16)9-2-4-10(13)5-3-9/h2-5,11,15H,6-8H2,1H3,(H,14,16). The van der Waals surface area contributed by atoms with E-state index in [2.05, 4.69) is 5.32 Å². The molecule has 1 atom stereocenters. The number of halogens is 1. The highest BCUT2D eigenvalue weighted by atomic mass is 19.1. The summed E-state index contributed by atoms with van der Waals surface area (Å²) in [4.78, 5) is 11.7. The van der Waals surface area contributed by atoms with Crippen LogP contribution in [0.2, 0.25) is 0 Å². The van der Waals surface area contributed by atoms with Crippen LogP contribution in [0, 0.1) is 5.82 Å². The Balaban J connectivity index is 2.60. The summed E-state index contributed by atoms with van der Waals surface area (Å²) in [5.74, 6) is -0.689. The molecule has 0 aliphatic heterocycles. The highest BCUT2D eigenvalue weighted by Gasteiger charge is 2.13. The van der Waals surface area contributed by atoms with Gasteiger partial charge in [-0.1, -0.05) is 0 Å². The van der Waals surface area contributed by atoms with Gasteiger partial charge in [-0.2, -0.15) is 0 Å². The molecule has 0 aromatic heterocycles. The van der Waals surface area contributed by atoms with E-state index in [-0.39, 0.29) is 24.4 Å². The molecule has 1 amide bonds. The molecule has 0 heterocycles. The van der Waals surface area contributed by atoms with Gasteiger partial charge in [0.2, 0.25) is 0 Å². The maximum atomic E-state index is 12.7. The van der Waals surface area contributed by atoms with Gasteiger partial charge in [0.05, 0.1) is 12.6 Å². The lowest BCUT2D eigenvalue weighted by molar-refractivity contribution is 0.0878. The van der Waals surface area contributed by atoms with E-state index in [0.717, 1.165) is 0 Å². The van der Waals surface area contributed by atoms with Crippen molar-refractivity contribution in [3.8, 4) is 0 Å². The van der Waals surface area contributed by atoms with Gasteiger partial charge in [0.15, 0.2) is 0 Å². The highest BCUT2D eigenvalue weighted by molar-refractivity contribution is 5.94. The molecule has 94 valence electrons. The maximum absolute atomic E-state index is 12.7. The highest BCUT2D eigenvalue weighted by Crippen LogP contribution is 2.03. The molecule has 0 saturated carbocycles. The van der Waals surface area contributed by atoms with E-state index in [4.69, 9.17) is 9.84 Å². The smallest absolute Gasteiger partial charge is 0.251 e. The molecule has 4 nitrogen and oxygen atoms in total. The zero-order chi connectivity index (χ0) is 12.7. The number of methoxy groups -OCH3 is 1. The Hall–Kier alpha value is -1.46. The van der Waals surface area contributed by atoms with Crippen molar-refractivity contribution in [1.82, 2.24) is 5.32 Å². The number of amides is 1. The Labute approximate surface area is 99.4 Å². The van der Waals surface area contributed by atoms with Crippen molar-refractivity contribution in [3.05, 3.63) is 35.6 Å². The molecule has 1 rings (SSSR count). The molecule has 0 radical (unpaired) electrons. The molecule has 1 aromatic carbocycles. The fourth-order valence-electron chi connectivity index (χ4n) is 1.42. The van der Waals surface area contributed by atoms with Crippen molar-refractivity contribution >= 4 is 5.91 Å². The summed E-state index contributed by atoms with van der Waals surface area (Å²) in [7, 11) is 1.52. The number of carbonyl (C=O) groups is 1. The lowest BCUT2D eigenvalue weighted by Gasteiger charge is -2.16. The molecule has 0 aliphatic rings. The van der Waals surface area contributed by atoms with Crippen molar-refractivity contribution in [2.24, 2.45) is 0 Å². The van der Waals surface area contributed by atoms with Gasteiger partial charge < -0.3 is 15.2 Å². The normalized spacial score (nSPS) is 12.2. The van der Waals surface area contributed by atoms with Crippen LogP contribution in [-0.4, -0.2) is 37.4 Å². The number of nitrogens with one attached hydrogen (secondary N) is 1. The second-order valence-electron chi connectivity index (χ2n) is 3.64. The predicted octanol–water partition coefficient (Wildman–Crippen LogP) is 0.953. The second kappa shape index (κ2) is 6.98. The number of rotatable bonds is 6. The molecule has 0 spiro atoms. The Morgan fingerprint density at radius 3 is 2.65 bits per heavy atom. The molecular weight excluding hydrogens is 225 g/mol. The first-order chi connectivity index (χ1) is 8.17. The number of hydrogen-bond donors (Lipinski definition) is 2. The van der Waals surface area contributed by atoms with Crippen LogP contribution in [0.15, 0.2) is 24.3 Å². The maximum Gasteiger partial charge on any atom is 0.251 e. The van der Waals surface area contributed by atoms with Crippen LogP contribution in [0.25, 0.3) is 0 Å². The van der Waals surface area contributed by atoms with Gasteiger partial charge in [0.25, 0.3) is 5.91 Å². The van der Waals surface area contributed by atoms with Crippen LogP contribution in [0.5, 0.6) is 0 Å². The van der Waals surface area contributed by atoms with Crippen LogP contribution in [0.1, 0.15) is 16.8 Å². The average molecular weight is 241 g/mol. The van der Waals surface area contributed by atoms with Gasteiger partial charge in [0.1, 0.15) is 5.82 Å². The number of aliphatic hydroxyl groups is 1. The summed E-state index contributed by atoms with van der Waals surface area (Å²) >= 11 is 0. The molecule has 0 fully saturated rings. The summed E-state index contributed by atoms with van der Waals surface area (Å²) in [6.07, 6.45) is 0.417. The summed E-state index contributed by atoms with van der Waals surface area (Å²) in [6.45, 7) is 0.297. The molecular formula is C12H16FNO3. The minimum Gasteiger partial charge on any atom is -0.396 e. The van der Waals surface area contributed by atoms with E-state index in [9.17, 15) is 9.18 Å². The zero-order valence-electron chi connectivity index (χ0n) is 9.65. The Morgan fingerprint density at radius 2 is 2.12 bits per heavy atom. The van der Waals surface area contributed by atoms with Crippen molar-refractivity contribution in [3.63, 3.8) is 0 Å². The van der Waals surface area contributed by atoms with Gasteiger partial charge in [-0.3, -0.25) is 4.79 Å². The monoisotopic (exact) mass is 241 g/mol. The van der Waals surface area contributed by atoms with E-state index >= 15 is 0 Å². The van der Waals surface area contributed by atoms with Crippen molar-refractivity contribution in [1.29, 1.82) is 0 Å². The Bertz CT molecular complexity index is 347. The molecule has 1 unspecified atom stereocenters. The quantitative estimate of drug-likeness (QED) is 0.779. The minimum absolute atomic E-state index is 0.0300. The van der Waals surface area contributed by atoms with E-state index < -0.39 is 0 Å². The summed E-state index contributed by atoms with van der Waals surface area (Å²) in [6, 6.07) is 5.03.